The Labute approximate surface area is 109 Å². The lowest BCUT2D eigenvalue weighted by molar-refractivity contribution is -0.103. The second-order valence-corrected chi connectivity index (χ2v) is 3.97. The van der Waals surface area contributed by atoms with Crippen LogP contribution in [-0.2, 0) is 4.79 Å². The number of hydrogen-bond acceptors (Lipinski definition) is 2. The fraction of sp³-hybridized carbons (Fsp3) is 0. The molecule has 0 fully saturated rings. The molecule has 0 saturated heterocycles. The van der Waals surface area contributed by atoms with E-state index < -0.39 is 0 Å². The summed E-state index contributed by atoms with van der Waals surface area (Å²) in [6.45, 7) is 0. The quantitative estimate of drug-likeness (QED) is 0.480. The van der Waals surface area contributed by atoms with Gasteiger partial charge in [0.25, 0.3) is 0 Å². The highest BCUT2D eigenvalue weighted by molar-refractivity contribution is 6.31. The predicted octanol–water partition coefficient (Wildman–Crippen LogP) is 3.61. The summed E-state index contributed by atoms with van der Waals surface area (Å²) < 4.78 is 12.8. The van der Waals surface area contributed by atoms with Gasteiger partial charge in [-0.3, -0.25) is 4.79 Å². The molecule has 0 amide bonds. The molecule has 1 aromatic carbocycles. The van der Waals surface area contributed by atoms with Gasteiger partial charge in [0, 0.05) is 17.3 Å². The summed E-state index contributed by atoms with van der Waals surface area (Å²) in [6, 6.07) is 9.17. The molecule has 1 heterocycles. The van der Waals surface area contributed by atoms with Gasteiger partial charge in [0.1, 0.15) is 11.0 Å². The van der Waals surface area contributed by atoms with Gasteiger partial charge in [0.15, 0.2) is 6.29 Å². The Morgan fingerprint density at radius 1 is 1.22 bits per heavy atom. The largest absolute Gasteiger partial charge is 0.298 e. The average molecular weight is 262 g/mol. The Morgan fingerprint density at radius 2 is 1.94 bits per heavy atom. The zero-order valence-corrected chi connectivity index (χ0v) is 10.1. The number of pyridine rings is 1. The average Bonchev–Trinajstić information content (AvgIpc) is 2.39. The lowest BCUT2D eigenvalue weighted by Crippen LogP contribution is -1.88. The summed E-state index contributed by atoms with van der Waals surface area (Å²) in [7, 11) is 0. The van der Waals surface area contributed by atoms with E-state index in [0.717, 1.165) is 0 Å². The summed E-state index contributed by atoms with van der Waals surface area (Å²) in [4.78, 5) is 15.0. The van der Waals surface area contributed by atoms with Crippen molar-refractivity contribution in [3.8, 4) is 0 Å². The van der Waals surface area contributed by atoms with Crippen molar-refractivity contribution in [1.29, 1.82) is 0 Å². The minimum atomic E-state index is -0.344. The third kappa shape index (κ3) is 2.81. The molecule has 90 valence electrons. The van der Waals surface area contributed by atoms with Crippen molar-refractivity contribution in [2.24, 2.45) is 0 Å². The number of hydrogen-bond donors (Lipinski definition) is 0. The van der Waals surface area contributed by atoms with Gasteiger partial charge >= 0.3 is 0 Å². The fourth-order valence-electron chi connectivity index (χ4n) is 1.50. The molecular formula is C14H9ClFNO. The molecule has 0 bridgehead atoms. The summed E-state index contributed by atoms with van der Waals surface area (Å²) in [6.07, 6.45) is 3.89. The third-order valence-corrected chi connectivity index (χ3v) is 2.72. The highest BCUT2D eigenvalue weighted by Gasteiger charge is 2.03. The topological polar surface area (TPSA) is 30.0 Å². The minimum absolute atomic E-state index is 0.318. The van der Waals surface area contributed by atoms with E-state index in [1.54, 1.807) is 36.5 Å². The molecule has 0 aliphatic rings. The summed E-state index contributed by atoms with van der Waals surface area (Å²) in [5.41, 5.74) is 1.70. The number of carbonyl (C=O) groups excluding carboxylic acids is 1. The zero-order chi connectivity index (χ0) is 13.0. The Bertz CT molecular complexity index is 593. The van der Waals surface area contributed by atoms with E-state index in [9.17, 15) is 9.18 Å². The van der Waals surface area contributed by atoms with Gasteiger partial charge in [0.05, 0.1) is 0 Å². The molecular weight excluding hydrogens is 253 g/mol. The molecule has 0 aliphatic heterocycles. The normalized spacial score (nSPS) is 11.3. The molecule has 4 heteroatoms. The summed E-state index contributed by atoms with van der Waals surface area (Å²) in [5, 5.41) is 0.318. The summed E-state index contributed by atoms with van der Waals surface area (Å²) >= 11 is 5.91. The van der Waals surface area contributed by atoms with Gasteiger partial charge in [-0.05, 0) is 29.8 Å². The number of nitrogens with zero attached hydrogens (tertiary/aromatic N) is 1. The standard InChI is InChI=1S/C14H9ClFNO/c15-14-11(2-1-7-17-14)8-12(9-18)10-3-5-13(16)6-4-10/h1-9H/b12-8-. The zero-order valence-electron chi connectivity index (χ0n) is 9.31. The van der Waals surface area contributed by atoms with Crippen molar-refractivity contribution < 1.29 is 9.18 Å². The van der Waals surface area contributed by atoms with Crippen LogP contribution in [0.1, 0.15) is 11.1 Å². The molecule has 0 spiro atoms. The number of aldehydes is 1. The number of halogens is 2. The molecule has 0 unspecified atom stereocenters. The second-order valence-electron chi connectivity index (χ2n) is 3.61. The van der Waals surface area contributed by atoms with Crippen LogP contribution in [0.3, 0.4) is 0 Å². The molecule has 1 aromatic heterocycles. The van der Waals surface area contributed by atoms with Gasteiger partial charge < -0.3 is 0 Å². The van der Waals surface area contributed by atoms with Crippen LogP contribution in [-0.4, -0.2) is 11.3 Å². The van der Waals surface area contributed by atoms with E-state index >= 15 is 0 Å². The van der Waals surface area contributed by atoms with Gasteiger partial charge in [-0.2, -0.15) is 0 Å². The molecule has 0 radical (unpaired) electrons. The first-order valence-corrected chi connectivity index (χ1v) is 5.62. The van der Waals surface area contributed by atoms with E-state index in [1.807, 2.05) is 0 Å². The maximum atomic E-state index is 12.8. The van der Waals surface area contributed by atoms with Crippen molar-refractivity contribution in [3.63, 3.8) is 0 Å². The molecule has 18 heavy (non-hydrogen) atoms. The molecule has 2 rings (SSSR count). The molecule has 0 atom stereocenters. The third-order valence-electron chi connectivity index (χ3n) is 2.40. The van der Waals surface area contributed by atoms with Gasteiger partial charge in [-0.15, -0.1) is 0 Å². The first-order chi connectivity index (χ1) is 8.70. The first kappa shape index (κ1) is 12.5. The highest BCUT2D eigenvalue weighted by atomic mass is 35.5. The molecule has 2 nitrogen and oxygen atoms in total. The Balaban J connectivity index is 2.43. The minimum Gasteiger partial charge on any atom is -0.298 e. The number of rotatable bonds is 3. The lowest BCUT2D eigenvalue weighted by atomic mass is 10.0. The van der Waals surface area contributed by atoms with Crippen LogP contribution in [0.4, 0.5) is 4.39 Å². The number of allylic oxidation sites excluding steroid dienone is 1. The van der Waals surface area contributed by atoms with E-state index in [-0.39, 0.29) is 5.82 Å². The SMILES string of the molecule is O=C/C(=C/c1cccnc1Cl)c1ccc(F)cc1. The maximum absolute atomic E-state index is 12.8. The van der Waals surface area contributed by atoms with Crippen LogP contribution in [0, 0.1) is 5.82 Å². The Hall–Kier alpha value is -2.00. The van der Waals surface area contributed by atoms with Crippen LogP contribution in [0.2, 0.25) is 5.15 Å². The highest BCUT2D eigenvalue weighted by Crippen LogP contribution is 2.20. The van der Waals surface area contributed by atoms with E-state index in [1.165, 1.54) is 12.1 Å². The fourth-order valence-corrected chi connectivity index (χ4v) is 1.68. The second kappa shape index (κ2) is 5.56. The van der Waals surface area contributed by atoms with Crippen LogP contribution in [0.25, 0.3) is 11.6 Å². The number of carbonyl (C=O) groups is 1. The molecule has 0 N–H and O–H groups in total. The maximum Gasteiger partial charge on any atom is 0.150 e. The lowest BCUT2D eigenvalue weighted by Gasteiger charge is -2.02. The van der Waals surface area contributed by atoms with Crippen molar-refractivity contribution in [3.05, 3.63) is 64.7 Å². The Morgan fingerprint density at radius 3 is 2.56 bits per heavy atom. The smallest absolute Gasteiger partial charge is 0.150 e. The van der Waals surface area contributed by atoms with E-state index in [4.69, 9.17) is 11.6 Å². The predicted molar refractivity (Wildman–Crippen MR) is 69.6 cm³/mol. The van der Waals surface area contributed by atoms with Crippen LogP contribution >= 0.6 is 11.6 Å². The molecule has 2 aromatic rings. The van der Waals surface area contributed by atoms with E-state index in [2.05, 4.69) is 4.98 Å². The number of benzene rings is 1. The first-order valence-electron chi connectivity index (χ1n) is 5.24. The van der Waals surface area contributed by atoms with Gasteiger partial charge in [0.2, 0.25) is 0 Å². The van der Waals surface area contributed by atoms with Crippen molar-refractivity contribution in [2.45, 2.75) is 0 Å². The van der Waals surface area contributed by atoms with Crippen LogP contribution in [0.5, 0.6) is 0 Å². The van der Waals surface area contributed by atoms with Gasteiger partial charge in [-0.1, -0.05) is 29.8 Å². The van der Waals surface area contributed by atoms with E-state index in [0.29, 0.717) is 28.1 Å². The van der Waals surface area contributed by atoms with Crippen molar-refractivity contribution in [1.82, 2.24) is 4.98 Å². The molecule has 0 aliphatic carbocycles. The molecule has 0 saturated carbocycles. The van der Waals surface area contributed by atoms with Crippen molar-refractivity contribution in [2.75, 3.05) is 0 Å². The number of aromatic nitrogens is 1. The summed E-state index contributed by atoms with van der Waals surface area (Å²) in [5.74, 6) is -0.344. The van der Waals surface area contributed by atoms with Crippen molar-refractivity contribution >= 4 is 29.5 Å². The van der Waals surface area contributed by atoms with Gasteiger partial charge in [-0.25, -0.2) is 9.37 Å². The van der Waals surface area contributed by atoms with Crippen LogP contribution < -0.4 is 0 Å². The Kier molecular flexibility index (Phi) is 3.85. The van der Waals surface area contributed by atoms with Crippen LogP contribution in [0.15, 0.2) is 42.6 Å². The monoisotopic (exact) mass is 261 g/mol.